The van der Waals surface area contributed by atoms with Gasteiger partial charge in [0.05, 0.1) is 7.11 Å². The third kappa shape index (κ3) is 3.23. The van der Waals surface area contributed by atoms with Gasteiger partial charge in [0.1, 0.15) is 5.75 Å². The first-order chi connectivity index (χ1) is 11.0. The maximum atomic E-state index is 12.7. The van der Waals surface area contributed by atoms with E-state index < -0.39 is 0 Å². The molecule has 2 unspecified atom stereocenters. The maximum absolute atomic E-state index is 12.7. The molecule has 4 nitrogen and oxygen atoms in total. The molecule has 0 aromatic heterocycles. The molecule has 2 saturated carbocycles. The number of rotatable bonds is 4. The maximum Gasteiger partial charge on any atom is 0.253 e. The predicted molar refractivity (Wildman–Crippen MR) is 91.8 cm³/mol. The van der Waals surface area contributed by atoms with Crippen LogP contribution in [0.1, 0.15) is 36.0 Å². The number of ether oxygens (including phenoxy) is 1. The quantitative estimate of drug-likeness (QED) is 0.856. The first-order valence-corrected chi connectivity index (χ1v) is 8.57. The number of carbonyl (C=O) groups is 1. The van der Waals surface area contributed by atoms with E-state index in [0.717, 1.165) is 42.0 Å². The molecule has 23 heavy (non-hydrogen) atoms. The number of hydrogen-bond acceptors (Lipinski definition) is 3. The number of carbonyl (C=O) groups excluding carboxylic acids is 1. The molecule has 0 heterocycles. The Balaban J connectivity index is 1.61. The smallest absolute Gasteiger partial charge is 0.253 e. The number of amides is 1. The van der Waals surface area contributed by atoms with Crippen LogP contribution in [0.4, 0.5) is 0 Å². The lowest BCUT2D eigenvalue weighted by Gasteiger charge is -2.27. The van der Waals surface area contributed by atoms with Gasteiger partial charge in [-0.05, 0) is 75.9 Å². The minimum atomic E-state index is 0.127. The van der Waals surface area contributed by atoms with E-state index in [-0.39, 0.29) is 5.91 Å². The monoisotopic (exact) mass is 316 g/mol. The van der Waals surface area contributed by atoms with Crippen molar-refractivity contribution >= 4 is 5.91 Å². The lowest BCUT2D eigenvalue weighted by atomic mass is 10.0. The Morgan fingerprint density at radius 1 is 0.957 bits per heavy atom. The summed E-state index contributed by atoms with van der Waals surface area (Å²) >= 11 is 0. The first kappa shape index (κ1) is 16.3. The fourth-order valence-corrected chi connectivity index (χ4v) is 4.39. The van der Waals surface area contributed by atoms with Gasteiger partial charge in [-0.2, -0.15) is 0 Å². The number of fused-ring (bicyclic) bond motifs is 1. The van der Waals surface area contributed by atoms with Gasteiger partial charge < -0.3 is 14.5 Å². The van der Waals surface area contributed by atoms with Crippen LogP contribution in [-0.2, 0) is 0 Å². The molecule has 126 valence electrons. The summed E-state index contributed by atoms with van der Waals surface area (Å²) in [5.41, 5.74) is 0.747. The number of benzene rings is 1. The van der Waals surface area contributed by atoms with Crippen LogP contribution in [0.25, 0.3) is 0 Å². The second-order valence-electron chi connectivity index (χ2n) is 7.38. The lowest BCUT2D eigenvalue weighted by molar-refractivity contribution is 0.0726. The standard InChI is InChI=1S/C19H28N2O2/c1-20(2)16-9-14-11-17(12-15(14)10-16)21(3)19(22)13-5-7-18(23-4)8-6-13/h5-8,14-17H,9-12H2,1-4H3/t14-,15+,16?,17?. The minimum absolute atomic E-state index is 0.127. The van der Waals surface area contributed by atoms with Crippen LogP contribution in [-0.4, -0.2) is 56.0 Å². The van der Waals surface area contributed by atoms with Crippen molar-refractivity contribution < 1.29 is 9.53 Å². The molecule has 0 saturated heterocycles. The zero-order chi connectivity index (χ0) is 16.6. The van der Waals surface area contributed by atoms with Crippen LogP contribution in [0.15, 0.2) is 24.3 Å². The molecule has 4 heteroatoms. The van der Waals surface area contributed by atoms with Gasteiger partial charge in [0.25, 0.3) is 5.91 Å². The molecule has 0 aliphatic heterocycles. The summed E-state index contributed by atoms with van der Waals surface area (Å²) in [5.74, 6) is 2.49. The molecule has 1 aromatic rings. The molecule has 3 rings (SSSR count). The summed E-state index contributed by atoms with van der Waals surface area (Å²) in [7, 11) is 7.97. The Bertz CT molecular complexity index is 541. The highest BCUT2D eigenvalue weighted by atomic mass is 16.5. The van der Waals surface area contributed by atoms with Crippen LogP contribution in [0, 0.1) is 11.8 Å². The third-order valence-corrected chi connectivity index (χ3v) is 5.90. The van der Waals surface area contributed by atoms with Crippen LogP contribution >= 0.6 is 0 Å². The van der Waals surface area contributed by atoms with Gasteiger partial charge in [-0.1, -0.05) is 0 Å². The second-order valence-corrected chi connectivity index (χ2v) is 7.38. The van der Waals surface area contributed by atoms with E-state index in [0.29, 0.717) is 6.04 Å². The van der Waals surface area contributed by atoms with E-state index in [9.17, 15) is 4.79 Å². The van der Waals surface area contributed by atoms with E-state index in [1.807, 2.05) is 36.2 Å². The average Bonchev–Trinajstić information content (AvgIpc) is 3.12. The summed E-state index contributed by atoms with van der Waals surface area (Å²) in [5, 5.41) is 0. The van der Waals surface area contributed by atoms with Gasteiger partial charge in [-0.15, -0.1) is 0 Å². The summed E-state index contributed by atoms with van der Waals surface area (Å²) in [6, 6.07) is 8.54. The topological polar surface area (TPSA) is 32.8 Å². The van der Waals surface area contributed by atoms with Crippen molar-refractivity contribution in [1.82, 2.24) is 9.80 Å². The largest absolute Gasteiger partial charge is 0.497 e. The number of nitrogens with zero attached hydrogens (tertiary/aromatic N) is 2. The molecule has 2 fully saturated rings. The van der Waals surface area contributed by atoms with Gasteiger partial charge in [0.15, 0.2) is 0 Å². The molecule has 0 radical (unpaired) electrons. The van der Waals surface area contributed by atoms with Crippen molar-refractivity contribution in [2.24, 2.45) is 11.8 Å². The van der Waals surface area contributed by atoms with E-state index in [4.69, 9.17) is 4.74 Å². The highest BCUT2D eigenvalue weighted by molar-refractivity contribution is 5.94. The van der Waals surface area contributed by atoms with Crippen LogP contribution in [0.3, 0.4) is 0 Å². The van der Waals surface area contributed by atoms with Crippen LogP contribution in [0.5, 0.6) is 5.75 Å². The molecule has 2 aliphatic rings. The molecule has 1 amide bonds. The van der Waals surface area contributed by atoms with Crippen LogP contribution < -0.4 is 4.74 Å². The normalized spacial score (nSPS) is 29.6. The zero-order valence-electron chi connectivity index (χ0n) is 14.7. The van der Waals surface area contributed by atoms with E-state index in [1.165, 1.54) is 12.8 Å². The fourth-order valence-electron chi connectivity index (χ4n) is 4.39. The summed E-state index contributed by atoms with van der Waals surface area (Å²) < 4.78 is 5.16. The Kier molecular flexibility index (Phi) is 4.62. The van der Waals surface area contributed by atoms with Crippen molar-refractivity contribution in [3.8, 4) is 5.75 Å². The van der Waals surface area contributed by atoms with Crippen molar-refractivity contribution in [1.29, 1.82) is 0 Å². The van der Waals surface area contributed by atoms with Crippen molar-refractivity contribution in [3.63, 3.8) is 0 Å². The second kappa shape index (κ2) is 6.52. The van der Waals surface area contributed by atoms with Gasteiger partial charge in [-0.25, -0.2) is 0 Å². The van der Waals surface area contributed by atoms with Crippen molar-refractivity contribution in [2.75, 3.05) is 28.3 Å². The van der Waals surface area contributed by atoms with Gasteiger partial charge in [-0.3, -0.25) is 4.79 Å². The van der Waals surface area contributed by atoms with Crippen molar-refractivity contribution in [2.45, 2.75) is 37.8 Å². The Morgan fingerprint density at radius 2 is 1.48 bits per heavy atom. The molecule has 0 spiro atoms. The van der Waals surface area contributed by atoms with E-state index >= 15 is 0 Å². The summed E-state index contributed by atoms with van der Waals surface area (Å²) in [6.07, 6.45) is 4.90. The molecule has 0 bridgehead atoms. The molecule has 4 atom stereocenters. The van der Waals surface area contributed by atoms with Crippen LogP contribution in [0.2, 0.25) is 0 Å². The third-order valence-electron chi connectivity index (χ3n) is 5.90. The summed E-state index contributed by atoms with van der Waals surface area (Å²) in [4.78, 5) is 17.0. The average molecular weight is 316 g/mol. The van der Waals surface area contributed by atoms with E-state index in [2.05, 4.69) is 19.0 Å². The Labute approximate surface area is 139 Å². The minimum Gasteiger partial charge on any atom is -0.497 e. The Morgan fingerprint density at radius 3 is 1.96 bits per heavy atom. The highest BCUT2D eigenvalue weighted by Crippen LogP contribution is 2.46. The summed E-state index contributed by atoms with van der Waals surface area (Å²) in [6.45, 7) is 0. The molecule has 1 aromatic carbocycles. The lowest BCUT2D eigenvalue weighted by Crippen LogP contribution is -2.36. The Hall–Kier alpha value is -1.55. The SMILES string of the molecule is COc1ccc(C(=O)N(C)C2C[C@H]3CC(N(C)C)C[C@H]3C2)cc1. The highest BCUT2D eigenvalue weighted by Gasteiger charge is 2.44. The molecular formula is C19H28N2O2. The van der Waals surface area contributed by atoms with Gasteiger partial charge >= 0.3 is 0 Å². The number of methoxy groups -OCH3 is 1. The predicted octanol–water partition coefficient (Wildman–Crippen LogP) is 2.89. The fraction of sp³-hybridized carbons (Fsp3) is 0.632. The number of hydrogen-bond donors (Lipinski definition) is 0. The van der Waals surface area contributed by atoms with Gasteiger partial charge in [0, 0.05) is 24.7 Å². The molecular weight excluding hydrogens is 288 g/mol. The first-order valence-electron chi connectivity index (χ1n) is 8.57. The molecule has 2 aliphatic carbocycles. The zero-order valence-corrected chi connectivity index (χ0v) is 14.7. The van der Waals surface area contributed by atoms with Crippen molar-refractivity contribution in [3.05, 3.63) is 29.8 Å². The van der Waals surface area contributed by atoms with Gasteiger partial charge in [0.2, 0.25) is 0 Å². The molecule has 0 N–H and O–H groups in total. The van der Waals surface area contributed by atoms with E-state index in [1.54, 1.807) is 7.11 Å².